The maximum atomic E-state index is 13.4. The maximum Gasteiger partial charge on any atom is 0.337 e. The van der Waals surface area contributed by atoms with E-state index in [9.17, 15) is 14.0 Å². The molecule has 0 aliphatic rings. The Morgan fingerprint density at radius 3 is 2.71 bits per heavy atom. The van der Waals surface area contributed by atoms with Crippen LogP contribution in [0.25, 0.3) is 0 Å². The first-order valence-corrected chi connectivity index (χ1v) is 8.46. The van der Waals surface area contributed by atoms with E-state index in [1.807, 2.05) is 6.07 Å². The third-order valence-corrected chi connectivity index (χ3v) is 4.31. The van der Waals surface area contributed by atoms with Gasteiger partial charge in [-0.3, -0.25) is 4.79 Å². The number of hydrogen-bond acceptors (Lipinski definition) is 4. The summed E-state index contributed by atoms with van der Waals surface area (Å²) in [5, 5.41) is 2.66. The van der Waals surface area contributed by atoms with Crippen molar-refractivity contribution < 1.29 is 18.7 Å². The quantitative estimate of drug-likeness (QED) is 0.808. The number of aryl methyl sites for hydroxylation is 1. The van der Waals surface area contributed by atoms with Crippen LogP contribution in [0.4, 0.5) is 10.1 Å². The zero-order valence-corrected chi connectivity index (χ0v) is 14.3. The molecule has 0 aromatic heterocycles. The van der Waals surface area contributed by atoms with Gasteiger partial charge in [-0.2, -0.15) is 0 Å². The number of hydrogen-bond donors (Lipinski definition) is 1. The first-order valence-electron chi connectivity index (χ1n) is 7.30. The van der Waals surface area contributed by atoms with Crippen LogP contribution < -0.4 is 5.32 Å². The summed E-state index contributed by atoms with van der Waals surface area (Å²) in [6.45, 7) is 1.67. The van der Waals surface area contributed by atoms with Gasteiger partial charge in [-0.15, -0.1) is 11.8 Å². The molecule has 0 fully saturated rings. The highest BCUT2D eigenvalue weighted by atomic mass is 32.2. The standard InChI is InChI=1S/C18H18FNO3S/c1-12-6-7-15(9-16(12)19)20-17(21)11-24-10-13-4-3-5-14(8-13)18(22)23-2/h3-9H,10-11H2,1-2H3,(H,20,21). The van der Waals surface area contributed by atoms with E-state index in [0.717, 1.165) is 5.56 Å². The van der Waals surface area contributed by atoms with Crippen molar-refractivity contribution in [1.82, 2.24) is 0 Å². The Kier molecular flexibility index (Phi) is 6.37. The fourth-order valence-electron chi connectivity index (χ4n) is 2.04. The van der Waals surface area contributed by atoms with Crippen molar-refractivity contribution in [3.05, 3.63) is 65.0 Å². The molecule has 2 aromatic carbocycles. The minimum absolute atomic E-state index is 0.202. The van der Waals surface area contributed by atoms with Crippen LogP contribution in [0.15, 0.2) is 42.5 Å². The molecule has 0 atom stereocenters. The molecule has 24 heavy (non-hydrogen) atoms. The lowest BCUT2D eigenvalue weighted by Gasteiger charge is -2.07. The van der Waals surface area contributed by atoms with Crippen molar-refractivity contribution in [1.29, 1.82) is 0 Å². The molecule has 1 N–H and O–H groups in total. The molecule has 4 nitrogen and oxygen atoms in total. The molecule has 0 spiro atoms. The number of methoxy groups -OCH3 is 1. The summed E-state index contributed by atoms with van der Waals surface area (Å²) in [5.41, 5.74) is 2.39. The van der Waals surface area contributed by atoms with Gasteiger partial charge in [0.05, 0.1) is 18.4 Å². The number of nitrogens with one attached hydrogen (secondary N) is 1. The van der Waals surface area contributed by atoms with E-state index in [1.165, 1.54) is 24.9 Å². The Morgan fingerprint density at radius 1 is 1.21 bits per heavy atom. The summed E-state index contributed by atoms with van der Waals surface area (Å²) in [4.78, 5) is 23.4. The monoisotopic (exact) mass is 347 g/mol. The van der Waals surface area contributed by atoms with Crippen LogP contribution in [-0.4, -0.2) is 24.7 Å². The number of carbonyl (C=O) groups excluding carboxylic acids is 2. The van der Waals surface area contributed by atoms with Gasteiger partial charge in [0, 0.05) is 11.4 Å². The molecule has 0 saturated heterocycles. The molecule has 126 valence electrons. The Balaban J connectivity index is 1.84. The number of halogens is 1. The molecule has 2 aromatic rings. The van der Waals surface area contributed by atoms with E-state index in [4.69, 9.17) is 0 Å². The predicted molar refractivity (Wildman–Crippen MR) is 93.7 cm³/mol. The molecule has 0 saturated carbocycles. The van der Waals surface area contributed by atoms with E-state index in [1.54, 1.807) is 37.3 Å². The van der Waals surface area contributed by atoms with Gasteiger partial charge in [-0.25, -0.2) is 9.18 Å². The van der Waals surface area contributed by atoms with Gasteiger partial charge in [0.1, 0.15) is 5.82 Å². The lowest BCUT2D eigenvalue weighted by atomic mass is 10.1. The predicted octanol–water partition coefficient (Wildman–Crippen LogP) is 3.79. The molecule has 1 amide bonds. The van der Waals surface area contributed by atoms with Crippen molar-refractivity contribution in [2.24, 2.45) is 0 Å². The molecule has 0 unspecified atom stereocenters. The van der Waals surface area contributed by atoms with Crippen LogP contribution in [0.2, 0.25) is 0 Å². The van der Waals surface area contributed by atoms with Crippen molar-refractivity contribution in [2.45, 2.75) is 12.7 Å². The number of thioether (sulfide) groups is 1. The second kappa shape index (κ2) is 8.49. The molecule has 0 heterocycles. The Morgan fingerprint density at radius 2 is 2.00 bits per heavy atom. The summed E-state index contributed by atoms with van der Waals surface area (Å²) in [6, 6.07) is 11.7. The molecule has 6 heteroatoms. The molecule has 0 radical (unpaired) electrons. The van der Waals surface area contributed by atoms with Crippen LogP contribution in [0.5, 0.6) is 0 Å². The number of esters is 1. The van der Waals surface area contributed by atoms with Crippen LogP contribution >= 0.6 is 11.8 Å². The number of rotatable bonds is 6. The van der Waals surface area contributed by atoms with Gasteiger partial charge in [0.2, 0.25) is 5.91 Å². The highest BCUT2D eigenvalue weighted by Gasteiger charge is 2.08. The van der Waals surface area contributed by atoms with Crippen LogP contribution in [0, 0.1) is 12.7 Å². The lowest BCUT2D eigenvalue weighted by molar-refractivity contribution is -0.113. The van der Waals surface area contributed by atoms with Gasteiger partial charge in [-0.05, 0) is 42.3 Å². The Bertz CT molecular complexity index is 749. The van der Waals surface area contributed by atoms with E-state index >= 15 is 0 Å². The van der Waals surface area contributed by atoms with Crippen molar-refractivity contribution in [3.8, 4) is 0 Å². The first kappa shape index (κ1) is 18.0. The Hall–Kier alpha value is -2.34. The smallest absolute Gasteiger partial charge is 0.337 e. The molecule has 0 bridgehead atoms. The summed E-state index contributed by atoms with van der Waals surface area (Å²) >= 11 is 1.41. The van der Waals surface area contributed by atoms with Gasteiger partial charge >= 0.3 is 5.97 Å². The fraction of sp³-hybridized carbons (Fsp3) is 0.222. The zero-order valence-electron chi connectivity index (χ0n) is 13.5. The fourth-order valence-corrected chi connectivity index (χ4v) is 2.81. The third-order valence-electron chi connectivity index (χ3n) is 3.31. The minimum Gasteiger partial charge on any atom is -0.465 e. The van der Waals surface area contributed by atoms with Crippen LogP contribution in [0.1, 0.15) is 21.5 Å². The average Bonchev–Trinajstić information content (AvgIpc) is 2.57. The van der Waals surface area contributed by atoms with Crippen molar-refractivity contribution in [2.75, 3.05) is 18.2 Å². The van der Waals surface area contributed by atoms with E-state index < -0.39 is 0 Å². The molecule has 2 rings (SSSR count). The number of anilines is 1. The number of ether oxygens (including phenoxy) is 1. The van der Waals surface area contributed by atoms with Crippen molar-refractivity contribution >= 4 is 29.3 Å². The van der Waals surface area contributed by atoms with Gasteiger partial charge in [-0.1, -0.05) is 18.2 Å². The summed E-state index contributed by atoms with van der Waals surface area (Å²) in [5.74, 6) is -0.119. The zero-order chi connectivity index (χ0) is 17.5. The highest BCUT2D eigenvalue weighted by molar-refractivity contribution is 7.99. The summed E-state index contributed by atoms with van der Waals surface area (Å²) in [7, 11) is 1.34. The molecular weight excluding hydrogens is 329 g/mol. The molecule has 0 aliphatic heterocycles. The normalized spacial score (nSPS) is 10.3. The molecule has 0 aliphatic carbocycles. The van der Waals surface area contributed by atoms with Crippen LogP contribution in [-0.2, 0) is 15.3 Å². The van der Waals surface area contributed by atoms with E-state index in [2.05, 4.69) is 10.1 Å². The third kappa shape index (κ3) is 5.09. The number of benzene rings is 2. The highest BCUT2D eigenvalue weighted by Crippen LogP contribution is 2.16. The SMILES string of the molecule is COC(=O)c1cccc(CSCC(=O)Nc2ccc(C)c(F)c2)c1. The van der Waals surface area contributed by atoms with Crippen molar-refractivity contribution in [3.63, 3.8) is 0 Å². The summed E-state index contributed by atoms with van der Waals surface area (Å²) < 4.78 is 18.1. The number of carbonyl (C=O) groups is 2. The van der Waals surface area contributed by atoms with E-state index in [-0.39, 0.29) is 23.4 Å². The second-order valence-electron chi connectivity index (χ2n) is 5.20. The van der Waals surface area contributed by atoms with Gasteiger partial charge in [0.25, 0.3) is 0 Å². The Labute approximate surface area is 144 Å². The number of amides is 1. The average molecular weight is 347 g/mol. The summed E-state index contributed by atoms with van der Waals surface area (Å²) in [6.07, 6.45) is 0. The maximum absolute atomic E-state index is 13.4. The van der Waals surface area contributed by atoms with Gasteiger partial charge < -0.3 is 10.1 Å². The lowest BCUT2D eigenvalue weighted by Crippen LogP contribution is -2.14. The van der Waals surface area contributed by atoms with Gasteiger partial charge in [0.15, 0.2) is 0 Å². The molecular formula is C18H18FNO3S. The first-order chi connectivity index (χ1) is 11.5. The minimum atomic E-state index is -0.388. The largest absolute Gasteiger partial charge is 0.465 e. The van der Waals surface area contributed by atoms with Crippen LogP contribution in [0.3, 0.4) is 0 Å². The topological polar surface area (TPSA) is 55.4 Å². The second-order valence-corrected chi connectivity index (χ2v) is 6.18. The van der Waals surface area contributed by atoms with E-state index in [0.29, 0.717) is 22.6 Å².